The number of rotatable bonds is 8. The molecule has 0 aliphatic heterocycles. The molecule has 2 heteroatoms. The third-order valence-corrected chi connectivity index (χ3v) is 2.01. The summed E-state index contributed by atoms with van der Waals surface area (Å²) in [4.78, 5) is 0. The number of hydrogen-bond donors (Lipinski definition) is 1. The van der Waals surface area contributed by atoms with Gasteiger partial charge >= 0.3 is 23.1 Å². The molecule has 0 aliphatic carbocycles. The summed E-state index contributed by atoms with van der Waals surface area (Å²) in [7, 11) is 0. The maximum absolute atomic E-state index is 8.51. The van der Waals surface area contributed by atoms with Gasteiger partial charge in [0.05, 0.1) is 0 Å². The summed E-state index contributed by atoms with van der Waals surface area (Å²) >= 11 is 0. The molecule has 12 heavy (non-hydrogen) atoms. The van der Waals surface area contributed by atoms with E-state index in [2.05, 4.69) is 6.92 Å². The van der Waals surface area contributed by atoms with E-state index in [0.29, 0.717) is 6.61 Å². The van der Waals surface area contributed by atoms with Gasteiger partial charge in [0, 0.05) is 6.61 Å². The Balaban J connectivity index is -0.000000167. The molecule has 0 aliphatic rings. The van der Waals surface area contributed by atoms with Gasteiger partial charge in [0.15, 0.2) is 0 Å². The zero-order valence-corrected chi connectivity index (χ0v) is 9.93. The van der Waals surface area contributed by atoms with Crippen LogP contribution in [0.1, 0.15) is 61.1 Å². The molecule has 0 heterocycles. The number of aliphatic hydroxyl groups is 1. The van der Waals surface area contributed by atoms with Crippen molar-refractivity contribution in [3.8, 4) is 0 Å². The Kier molecular flexibility index (Phi) is 18.1. The van der Waals surface area contributed by atoms with E-state index in [1.54, 1.807) is 0 Å². The first-order valence-corrected chi connectivity index (χ1v) is 5.02. The van der Waals surface area contributed by atoms with Gasteiger partial charge in [0.1, 0.15) is 0 Å². The number of aliphatic hydroxyl groups excluding tert-OH is 1. The van der Waals surface area contributed by atoms with Crippen LogP contribution in [0.5, 0.6) is 0 Å². The maximum atomic E-state index is 8.51. The van der Waals surface area contributed by atoms with Gasteiger partial charge in [0.2, 0.25) is 0 Å². The molecule has 0 saturated heterocycles. The van der Waals surface area contributed by atoms with Crippen LogP contribution >= 0.6 is 0 Å². The third-order valence-electron chi connectivity index (χ3n) is 2.01. The first kappa shape index (κ1) is 15.2. The average molecular weight is 185 g/mol. The molecule has 0 radical (unpaired) electrons. The maximum Gasteiger partial charge on any atom is 2.00 e. The van der Waals surface area contributed by atoms with E-state index < -0.39 is 0 Å². The first-order chi connectivity index (χ1) is 5.41. The Labute approximate surface area is 96.1 Å². The predicted molar refractivity (Wildman–Crippen MR) is 57.7 cm³/mol. The van der Waals surface area contributed by atoms with Gasteiger partial charge < -0.3 is 7.96 Å². The minimum atomic E-state index is 0. The number of unbranched alkanes of at least 4 members (excludes halogenated alkanes) is 7. The van der Waals surface area contributed by atoms with Crippen molar-refractivity contribution in [3.05, 3.63) is 0 Å². The van der Waals surface area contributed by atoms with Crippen LogP contribution in [0.2, 0.25) is 0 Å². The van der Waals surface area contributed by atoms with Crippen molar-refractivity contribution in [2.24, 2.45) is 0 Å². The molecule has 0 fully saturated rings. The van der Waals surface area contributed by atoms with Gasteiger partial charge in [-0.05, 0) is 6.42 Å². The molecule has 0 unspecified atom stereocenters. The largest absolute Gasteiger partial charge is 2.00 e. The van der Waals surface area contributed by atoms with Crippen molar-refractivity contribution in [3.63, 3.8) is 0 Å². The van der Waals surface area contributed by atoms with E-state index in [0.717, 1.165) is 6.42 Å². The number of hydrogen-bond acceptors (Lipinski definition) is 1. The fourth-order valence-corrected chi connectivity index (χ4v) is 1.25. The van der Waals surface area contributed by atoms with Crippen LogP contribution in [0.15, 0.2) is 0 Å². The summed E-state index contributed by atoms with van der Waals surface area (Å²) in [6, 6.07) is 0. The summed E-state index contributed by atoms with van der Waals surface area (Å²) in [5.74, 6) is 0. The van der Waals surface area contributed by atoms with E-state index in [4.69, 9.17) is 5.11 Å². The summed E-state index contributed by atoms with van der Waals surface area (Å²) in [6.45, 7) is 2.61. The summed E-state index contributed by atoms with van der Waals surface area (Å²) < 4.78 is 0. The van der Waals surface area contributed by atoms with E-state index in [9.17, 15) is 0 Å². The summed E-state index contributed by atoms with van der Waals surface area (Å²) in [6.07, 6.45) is 10.4. The molecule has 0 aromatic rings. The Bertz CT molecular complexity index is 67.1. The van der Waals surface area contributed by atoms with Crippen molar-refractivity contribution < 1.29 is 7.96 Å². The minimum absolute atomic E-state index is 0. The SMILES string of the molecule is CCCCCCCCCCO.[H-].[H-].[Mg+2]. The van der Waals surface area contributed by atoms with Gasteiger partial charge in [-0.2, -0.15) is 0 Å². The normalized spacial score (nSPS) is 9.50. The second kappa shape index (κ2) is 14.3. The molecule has 0 atom stereocenters. The van der Waals surface area contributed by atoms with Gasteiger partial charge in [-0.1, -0.05) is 51.9 Å². The molecular formula is C10H24MgO. The van der Waals surface area contributed by atoms with E-state index in [-0.39, 0.29) is 25.9 Å². The van der Waals surface area contributed by atoms with Crippen molar-refractivity contribution >= 4 is 23.1 Å². The van der Waals surface area contributed by atoms with Crippen molar-refractivity contribution in [1.29, 1.82) is 0 Å². The van der Waals surface area contributed by atoms with E-state index >= 15 is 0 Å². The zero-order valence-electron chi connectivity index (χ0n) is 10.5. The third kappa shape index (κ3) is 13.3. The molecule has 1 nitrogen and oxygen atoms in total. The average Bonchev–Trinajstić information content (AvgIpc) is 2.03. The molecule has 0 amide bonds. The van der Waals surface area contributed by atoms with Crippen LogP contribution in [0.25, 0.3) is 0 Å². The standard InChI is InChI=1S/C10H22O.Mg.2H/c1-2-3-4-5-6-7-8-9-10-11;;;/h11H,2-10H2,1H3;;;/q;+2;2*-1. The van der Waals surface area contributed by atoms with Crippen molar-refractivity contribution in [2.75, 3.05) is 6.61 Å². The smallest absolute Gasteiger partial charge is 1.00 e. The van der Waals surface area contributed by atoms with Crippen LogP contribution in [0.3, 0.4) is 0 Å². The second-order valence-corrected chi connectivity index (χ2v) is 3.20. The molecule has 0 saturated carbocycles. The van der Waals surface area contributed by atoms with Crippen LogP contribution in [0, 0.1) is 0 Å². The fourth-order valence-electron chi connectivity index (χ4n) is 1.25. The Morgan fingerprint density at radius 2 is 1.25 bits per heavy atom. The second-order valence-electron chi connectivity index (χ2n) is 3.20. The van der Waals surface area contributed by atoms with E-state index in [1.165, 1.54) is 44.9 Å². The van der Waals surface area contributed by atoms with E-state index in [1.807, 2.05) is 0 Å². The Hall–Kier alpha value is 0.726. The van der Waals surface area contributed by atoms with Gasteiger partial charge in [-0.3, -0.25) is 0 Å². The van der Waals surface area contributed by atoms with Crippen LogP contribution < -0.4 is 0 Å². The van der Waals surface area contributed by atoms with Gasteiger partial charge in [-0.25, -0.2) is 0 Å². The Morgan fingerprint density at radius 1 is 0.833 bits per heavy atom. The van der Waals surface area contributed by atoms with Crippen molar-refractivity contribution in [1.82, 2.24) is 0 Å². The molecule has 0 bridgehead atoms. The van der Waals surface area contributed by atoms with Gasteiger partial charge in [-0.15, -0.1) is 0 Å². The minimum Gasteiger partial charge on any atom is -1.00 e. The first-order valence-electron chi connectivity index (χ1n) is 5.02. The van der Waals surface area contributed by atoms with Crippen LogP contribution in [-0.4, -0.2) is 34.8 Å². The topological polar surface area (TPSA) is 20.2 Å². The summed E-state index contributed by atoms with van der Waals surface area (Å²) in [5, 5.41) is 8.51. The molecule has 0 aromatic carbocycles. The molecule has 0 aromatic heterocycles. The fraction of sp³-hybridized carbons (Fsp3) is 1.00. The monoisotopic (exact) mass is 184 g/mol. The quantitative estimate of drug-likeness (QED) is 0.454. The van der Waals surface area contributed by atoms with Gasteiger partial charge in [0.25, 0.3) is 0 Å². The molecule has 72 valence electrons. The molecular weight excluding hydrogens is 160 g/mol. The van der Waals surface area contributed by atoms with Crippen LogP contribution in [-0.2, 0) is 0 Å². The molecule has 0 rings (SSSR count). The Morgan fingerprint density at radius 3 is 1.67 bits per heavy atom. The predicted octanol–water partition coefficient (Wildman–Crippen LogP) is 2.96. The van der Waals surface area contributed by atoms with Crippen molar-refractivity contribution in [2.45, 2.75) is 58.3 Å². The molecule has 0 spiro atoms. The zero-order chi connectivity index (χ0) is 8.36. The summed E-state index contributed by atoms with van der Waals surface area (Å²) in [5.41, 5.74) is 0. The molecule has 1 N–H and O–H groups in total. The van der Waals surface area contributed by atoms with Crippen LogP contribution in [0.4, 0.5) is 0 Å².